The molecule has 1 aliphatic rings. The number of amides is 1. The maximum atomic E-state index is 12.7. The van der Waals surface area contributed by atoms with Crippen molar-refractivity contribution in [3.05, 3.63) is 64.1 Å². The fourth-order valence-electron chi connectivity index (χ4n) is 3.29. The Bertz CT molecular complexity index is 1200. The summed E-state index contributed by atoms with van der Waals surface area (Å²) in [5, 5.41) is 15.5. The third-order valence-electron chi connectivity index (χ3n) is 4.94. The minimum atomic E-state index is -0.295. The molecule has 4 rings (SSSR count). The lowest BCUT2D eigenvalue weighted by molar-refractivity contribution is 0.102. The molecule has 0 saturated heterocycles. The van der Waals surface area contributed by atoms with Gasteiger partial charge in [-0.25, -0.2) is 4.98 Å². The van der Waals surface area contributed by atoms with E-state index in [1.165, 1.54) is 11.3 Å². The number of aromatic nitrogens is 1. The van der Waals surface area contributed by atoms with E-state index in [-0.39, 0.29) is 5.91 Å². The van der Waals surface area contributed by atoms with Crippen molar-refractivity contribution < 1.29 is 9.53 Å². The number of ether oxygens (including phenoxy) is 1. The highest BCUT2D eigenvalue weighted by atomic mass is 32.1. The Balaban J connectivity index is 1.48. The van der Waals surface area contributed by atoms with Crippen molar-refractivity contribution in [1.82, 2.24) is 9.88 Å². The molecule has 2 aromatic carbocycles. The molecule has 2 heterocycles. The maximum Gasteiger partial charge on any atom is 0.284 e. The van der Waals surface area contributed by atoms with E-state index in [1.807, 2.05) is 47.5 Å². The molecule has 9 nitrogen and oxygen atoms in total. The van der Waals surface area contributed by atoms with Crippen LogP contribution < -0.4 is 21.1 Å². The SMILES string of the molecule is COc1ccc(N/C(=N\C#N)N2CCc3nc(C(=O)Nc4ccccc4N)sc3C2)cc1. The number of rotatable bonds is 4. The second-order valence-corrected chi connectivity index (χ2v) is 8.07. The van der Waals surface area contributed by atoms with Crippen LogP contribution in [0, 0.1) is 11.5 Å². The van der Waals surface area contributed by atoms with Gasteiger partial charge in [-0.15, -0.1) is 16.3 Å². The number of nitrogens with two attached hydrogens (primary N) is 1. The molecule has 1 aromatic heterocycles. The number of carbonyl (C=O) groups is 1. The van der Waals surface area contributed by atoms with Gasteiger partial charge < -0.3 is 26.0 Å². The van der Waals surface area contributed by atoms with Crippen molar-refractivity contribution in [1.29, 1.82) is 5.26 Å². The Labute approximate surface area is 189 Å². The van der Waals surface area contributed by atoms with Crippen LogP contribution in [-0.4, -0.2) is 35.4 Å². The monoisotopic (exact) mass is 447 g/mol. The summed E-state index contributed by atoms with van der Waals surface area (Å²) >= 11 is 1.33. The molecule has 0 fully saturated rings. The van der Waals surface area contributed by atoms with Gasteiger partial charge >= 0.3 is 0 Å². The van der Waals surface area contributed by atoms with E-state index >= 15 is 0 Å². The molecule has 0 radical (unpaired) electrons. The van der Waals surface area contributed by atoms with Gasteiger partial charge in [0, 0.05) is 23.5 Å². The number of nitrogen functional groups attached to an aromatic ring is 1. The van der Waals surface area contributed by atoms with Crippen LogP contribution in [0.5, 0.6) is 5.75 Å². The zero-order chi connectivity index (χ0) is 22.5. The minimum absolute atomic E-state index is 0.295. The van der Waals surface area contributed by atoms with Crippen molar-refractivity contribution in [2.24, 2.45) is 4.99 Å². The molecule has 4 N–H and O–H groups in total. The van der Waals surface area contributed by atoms with Crippen LogP contribution in [0.1, 0.15) is 20.4 Å². The van der Waals surface area contributed by atoms with Crippen molar-refractivity contribution in [3.8, 4) is 11.9 Å². The van der Waals surface area contributed by atoms with E-state index in [9.17, 15) is 4.79 Å². The number of aliphatic imine (C=N–C) groups is 1. The lowest BCUT2D eigenvalue weighted by atomic mass is 10.2. The highest BCUT2D eigenvalue weighted by molar-refractivity contribution is 7.13. The predicted octanol–water partition coefficient (Wildman–Crippen LogP) is 3.29. The molecule has 0 saturated carbocycles. The van der Waals surface area contributed by atoms with Gasteiger partial charge in [0.25, 0.3) is 5.91 Å². The number of methoxy groups -OCH3 is 1. The number of hydrogen-bond donors (Lipinski definition) is 3. The minimum Gasteiger partial charge on any atom is -0.497 e. The van der Waals surface area contributed by atoms with Gasteiger partial charge in [-0.05, 0) is 36.4 Å². The number of para-hydroxylation sites is 2. The zero-order valence-electron chi connectivity index (χ0n) is 17.3. The fraction of sp³-hybridized carbons (Fsp3) is 0.182. The van der Waals surface area contributed by atoms with Gasteiger partial charge in [-0.2, -0.15) is 5.26 Å². The van der Waals surface area contributed by atoms with Crippen LogP contribution >= 0.6 is 11.3 Å². The predicted molar refractivity (Wildman–Crippen MR) is 125 cm³/mol. The van der Waals surface area contributed by atoms with E-state index in [1.54, 1.807) is 19.2 Å². The molecule has 1 amide bonds. The van der Waals surface area contributed by atoms with Crippen molar-refractivity contribution >= 4 is 40.3 Å². The number of carbonyl (C=O) groups excluding carboxylic acids is 1. The molecular formula is C22H21N7O2S. The number of nitrogens with zero attached hydrogens (tertiary/aromatic N) is 4. The van der Waals surface area contributed by atoms with Crippen molar-refractivity contribution in [2.75, 3.05) is 30.0 Å². The topological polar surface area (TPSA) is 129 Å². The Morgan fingerprint density at radius 2 is 2.03 bits per heavy atom. The Morgan fingerprint density at radius 3 is 2.75 bits per heavy atom. The quantitative estimate of drug-likeness (QED) is 0.242. The summed E-state index contributed by atoms with van der Waals surface area (Å²) in [4.78, 5) is 24.1. The first kappa shape index (κ1) is 21.1. The summed E-state index contributed by atoms with van der Waals surface area (Å²) in [6, 6.07) is 14.5. The number of nitriles is 1. The lowest BCUT2D eigenvalue weighted by Gasteiger charge is -2.28. The fourth-order valence-corrected chi connectivity index (χ4v) is 4.31. The highest BCUT2D eigenvalue weighted by Gasteiger charge is 2.25. The van der Waals surface area contributed by atoms with Crippen LogP contribution in [0.25, 0.3) is 0 Å². The first-order chi connectivity index (χ1) is 15.6. The average Bonchev–Trinajstić information content (AvgIpc) is 3.24. The smallest absolute Gasteiger partial charge is 0.284 e. The van der Waals surface area contributed by atoms with Crippen LogP contribution in [-0.2, 0) is 13.0 Å². The zero-order valence-corrected chi connectivity index (χ0v) is 18.1. The number of thiazole rings is 1. The van der Waals surface area contributed by atoms with Crippen LogP contribution in [0.3, 0.4) is 0 Å². The molecule has 162 valence electrons. The normalized spacial score (nSPS) is 13.1. The van der Waals surface area contributed by atoms with E-state index in [0.717, 1.165) is 22.0 Å². The Hall–Kier alpha value is -4.10. The summed E-state index contributed by atoms with van der Waals surface area (Å²) in [6.45, 7) is 1.12. The molecule has 32 heavy (non-hydrogen) atoms. The van der Waals surface area contributed by atoms with Crippen molar-refractivity contribution in [3.63, 3.8) is 0 Å². The summed E-state index contributed by atoms with van der Waals surface area (Å²) in [5.41, 5.74) is 8.64. The van der Waals surface area contributed by atoms with Gasteiger partial charge in [-0.1, -0.05) is 12.1 Å². The average molecular weight is 448 g/mol. The Morgan fingerprint density at radius 1 is 1.25 bits per heavy atom. The molecule has 0 unspecified atom stereocenters. The molecule has 10 heteroatoms. The molecule has 1 aliphatic heterocycles. The highest BCUT2D eigenvalue weighted by Crippen LogP contribution is 2.27. The molecule has 0 spiro atoms. The van der Waals surface area contributed by atoms with E-state index in [2.05, 4.69) is 20.6 Å². The summed E-state index contributed by atoms with van der Waals surface area (Å²) in [6.07, 6.45) is 2.50. The van der Waals surface area contributed by atoms with Gasteiger partial charge in [-0.3, -0.25) is 4.79 Å². The van der Waals surface area contributed by atoms with Crippen LogP contribution in [0.4, 0.5) is 17.1 Å². The van der Waals surface area contributed by atoms with Gasteiger partial charge in [0.2, 0.25) is 12.2 Å². The maximum absolute atomic E-state index is 12.7. The molecular weight excluding hydrogens is 426 g/mol. The van der Waals surface area contributed by atoms with Gasteiger partial charge in [0.05, 0.1) is 30.7 Å². The van der Waals surface area contributed by atoms with Gasteiger partial charge in [0.15, 0.2) is 5.01 Å². The summed E-state index contributed by atoms with van der Waals surface area (Å²) in [5.74, 6) is 0.889. The number of benzene rings is 2. The number of guanidine groups is 1. The van der Waals surface area contributed by atoms with E-state index in [0.29, 0.717) is 41.9 Å². The molecule has 3 aromatic rings. The molecule has 0 aliphatic carbocycles. The second-order valence-electron chi connectivity index (χ2n) is 6.99. The summed E-state index contributed by atoms with van der Waals surface area (Å²) in [7, 11) is 1.61. The van der Waals surface area contributed by atoms with Crippen molar-refractivity contribution in [2.45, 2.75) is 13.0 Å². The number of nitrogens with one attached hydrogen (secondary N) is 2. The number of anilines is 3. The largest absolute Gasteiger partial charge is 0.497 e. The van der Waals surface area contributed by atoms with Crippen LogP contribution in [0.2, 0.25) is 0 Å². The number of fused-ring (bicyclic) bond motifs is 1. The van der Waals surface area contributed by atoms with Crippen LogP contribution in [0.15, 0.2) is 53.5 Å². The number of hydrogen-bond acceptors (Lipinski definition) is 7. The first-order valence-corrected chi connectivity index (χ1v) is 10.7. The lowest BCUT2D eigenvalue weighted by Crippen LogP contribution is -2.39. The third-order valence-corrected chi connectivity index (χ3v) is 6.02. The van der Waals surface area contributed by atoms with Gasteiger partial charge in [0.1, 0.15) is 5.75 Å². The molecule has 0 atom stereocenters. The third kappa shape index (κ3) is 4.63. The Kier molecular flexibility index (Phi) is 6.19. The molecule has 0 bridgehead atoms. The summed E-state index contributed by atoms with van der Waals surface area (Å²) < 4.78 is 5.18. The van der Waals surface area contributed by atoms with E-state index in [4.69, 9.17) is 15.7 Å². The first-order valence-electron chi connectivity index (χ1n) is 9.84. The standard InChI is InChI=1S/C22H21N7O2S/c1-31-15-8-6-14(7-9-15)26-22(25-13-23)29-11-10-18-19(12-29)32-21(28-18)20(30)27-17-5-3-2-4-16(17)24/h2-9H,10-12,24H2,1H3,(H,25,26)(H,27,30). The second kappa shape index (κ2) is 9.36. The van der Waals surface area contributed by atoms with E-state index < -0.39 is 0 Å².